The lowest BCUT2D eigenvalue weighted by atomic mass is 10.1. The van der Waals surface area contributed by atoms with Crippen molar-refractivity contribution in [3.8, 4) is 0 Å². The molecule has 1 aromatic heterocycles. The highest BCUT2D eigenvalue weighted by Crippen LogP contribution is 2.11. The molecule has 5 nitrogen and oxygen atoms in total. The standard InChI is InChI=1S/C13H11BrN2O3/c1-8-6-15-13(19)16(12(8)18)7-11(17)9-2-4-10(14)5-3-9/h2-6H,7H2,1H3,(H,15,19). The average Bonchev–Trinajstić information content (AvgIpc) is 2.40. The van der Waals surface area contributed by atoms with E-state index < -0.39 is 11.2 Å². The Bertz CT molecular complexity index is 729. The van der Waals surface area contributed by atoms with Crippen molar-refractivity contribution in [2.45, 2.75) is 13.5 Å². The molecule has 0 aliphatic heterocycles. The second-order valence-corrected chi connectivity index (χ2v) is 5.01. The average molecular weight is 323 g/mol. The monoisotopic (exact) mass is 322 g/mol. The molecule has 0 saturated carbocycles. The van der Waals surface area contributed by atoms with E-state index in [-0.39, 0.29) is 12.3 Å². The van der Waals surface area contributed by atoms with Crippen molar-refractivity contribution in [3.63, 3.8) is 0 Å². The molecule has 98 valence electrons. The van der Waals surface area contributed by atoms with Gasteiger partial charge in [-0.25, -0.2) is 4.79 Å². The fraction of sp³-hybridized carbons (Fsp3) is 0.154. The fourth-order valence-electron chi connectivity index (χ4n) is 1.63. The number of ketones is 1. The summed E-state index contributed by atoms with van der Waals surface area (Å²) in [4.78, 5) is 37.8. The van der Waals surface area contributed by atoms with Crippen molar-refractivity contribution in [2.24, 2.45) is 0 Å². The van der Waals surface area contributed by atoms with Gasteiger partial charge in [-0.15, -0.1) is 0 Å². The summed E-state index contributed by atoms with van der Waals surface area (Å²) in [6.45, 7) is 1.32. The zero-order valence-corrected chi connectivity index (χ0v) is 11.7. The Labute approximate surface area is 117 Å². The molecule has 19 heavy (non-hydrogen) atoms. The number of aryl methyl sites for hydroxylation is 1. The molecule has 0 fully saturated rings. The van der Waals surface area contributed by atoms with Gasteiger partial charge in [-0.2, -0.15) is 0 Å². The van der Waals surface area contributed by atoms with Crippen LogP contribution in [0, 0.1) is 6.92 Å². The Balaban J connectivity index is 2.34. The zero-order valence-electron chi connectivity index (χ0n) is 10.1. The van der Waals surface area contributed by atoms with Gasteiger partial charge in [-0.05, 0) is 19.1 Å². The number of carbonyl (C=O) groups is 1. The highest BCUT2D eigenvalue weighted by Gasteiger charge is 2.11. The Morgan fingerprint density at radius 3 is 2.53 bits per heavy atom. The summed E-state index contributed by atoms with van der Waals surface area (Å²) in [6.07, 6.45) is 1.34. The maximum Gasteiger partial charge on any atom is 0.328 e. The number of hydrogen-bond donors (Lipinski definition) is 1. The topological polar surface area (TPSA) is 71.9 Å². The highest BCUT2D eigenvalue weighted by atomic mass is 79.9. The van der Waals surface area contributed by atoms with Gasteiger partial charge in [0.15, 0.2) is 5.78 Å². The summed E-state index contributed by atoms with van der Waals surface area (Å²) in [5, 5.41) is 0. The number of halogens is 1. The lowest BCUT2D eigenvalue weighted by Crippen LogP contribution is -2.38. The first-order valence-corrected chi connectivity index (χ1v) is 6.36. The van der Waals surface area contributed by atoms with Crippen LogP contribution < -0.4 is 11.2 Å². The molecule has 0 unspecified atom stereocenters. The maximum absolute atomic E-state index is 12.0. The summed E-state index contributed by atoms with van der Waals surface area (Å²) in [5.74, 6) is -0.286. The van der Waals surface area contributed by atoms with Crippen LogP contribution in [-0.2, 0) is 6.54 Å². The first-order chi connectivity index (χ1) is 8.99. The Morgan fingerprint density at radius 2 is 1.89 bits per heavy atom. The molecule has 0 spiro atoms. The quantitative estimate of drug-likeness (QED) is 0.870. The smallest absolute Gasteiger partial charge is 0.314 e. The Hall–Kier alpha value is -1.95. The molecule has 0 atom stereocenters. The zero-order chi connectivity index (χ0) is 14.0. The Kier molecular flexibility index (Phi) is 3.80. The van der Waals surface area contributed by atoms with Crippen LogP contribution in [0.15, 0.2) is 44.5 Å². The van der Waals surface area contributed by atoms with Crippen LogP contribution in [0.25, 0.3) is 0 Å². The molecule has 0 aliphatic rings. The number of hydrogen-bond acceptors (Lipinski definition) is 3. The van der Waals surface area contributed by atoms with Crippen molar-refractivity contribution in [2.75, 3.05) is 0 Å². The van der Waals surface area contributed by atoms with E-state index in [2.05, 4.69) is 20.9 Å². The third-order valence-electron chi connectivity index (χ3n) is 2.71. The van der Waals surface area contributed by atoms with Gasteiger partial charge in [-0.1, -0.05) is 28.1 Å². The van der Waals surface area contributed by atoms with Crippen LogP contribution in [0.4, 0.5) is 0 Å². The van der Waals surface area contributed by atoms with Gasteiger partial charge in [0.25, 0.3) is 5.56 Å². The fourth-order valence-corrected chi connectivity index (χ4v) is 1.89. The van der Waals surface area contributed by atoms with Gasteiger partial charge in [0, 0.05) is 21.8 Å². The molecule has 0 saturated heterocycles. The number of H-pyrrole nitrogens is 1. The predicted octanol–water partition coefficient (Wildman–Crippen LogP) is 1.49. The van der Waals surface area contributed by atoms with Crippen LogP contribution in [0.2, 0.25) is 0 Å². The van der Waals surface area contributed by atoms with Crippen molar-refractivity contribution in [1.82, 2.24) is 9.55 Å². The van der Waals surface area contributed by atoms with Gasteiger partial charge in [0.1, 0.15) is 0 Å². The van der Waals surface area contributed by atoms with Crippen LogP contribution in [0.1, 0.15) is 15.9 Å². The van der Waals surface area contributed by atoms with E-state index in [9.17, 15) is 14.4 Å². The Morgan fingerprint density at radius 1 is 1.26 bits per heavy atom. The van der Waals surface area contributed by atoms with Crippen molar-refractivity contribution < 1.29 is 4.79 Å². The van der Waals surface area contributed by atoms with Gasteiger partial charge < -0.3 is 4.98 Å². The summed E-state index contributed by atoms with van der Waals surface area (Å²) >= 11 is 3.27. The minimum Gasteiger partial charge on any atom is -0.314 e. The van der Waals surface area contributed by atoms with E-state index in [0.29, 0.717) is 11.1 Å². The molecule has 1 heterocycles. The third kappa shape index (κ3) is 2.90. The number of rotatable bonds is 3. The maximum atomic E-state index is 12.0. The van der Waals surface area contributed by atoms with E-state index in [1.54, 1.807) is 31.2 Å². The van der Waals surface area contributed by atoms with Crippen LogP contribution in [0.5, 0.6) is 0 Å². The van der Waals surface area contributed by atoms with E-state index >= 15 is 0 Å². The SMILES string of the molecule is Cc1c[nH]c(=O)n(CC(=O)c2ccc(Br)cc2)c1=O. The van der Waals surface area contributed by atoms with Gasteiger partial charge >= 0.3 is 5.69 Å². The molecule has 0 bridgehead atoms. The minimum absolute atomic E-state index is 0.266. The van der Waals surface area contributed by atoms with Gasteiger partial charge in [0.2, 0.25) is 0 Å². The van der Waals surface area contributed by atoms with E-state index in [1.165, 1.54) is 6.20 Å². The molecule has 0 aliphatic carbocycles. The molecular formula is C13H11BrN2O3. The first kappa shape index (κ1) is 13.5. The summed E-state index contributed by atoms with van der Waals surface area (Å²) in [6, 6.07) is 6.75. The summed E-state index contributed by atoms with van der Waals surface area (Å²) in [7, 11) is 0. The number of nitrogens with zero attached hydrogens (tertiary/aromatic N) is 1. The van der Waals surface area contributed by atoms with Crippen LogP contribution in [-0.4, -0.2) is 15.3 Å². The van der Waals surface area contributed by atoms with Crippen molar-refractivity contribution >= 4 is 21.7 Å². The van der Waals surface area contributed by atoms with E-state index in [1.807, 2.05) is 0 Å². The second-order valence-electron chi connectivity index (χ2n) is 4.10. The van der Waals surface area contributed by atoms with Gasteiger partial charge in [-0.3, -0.25) is 14.2 Å². The van der Waals surface area contributed by atoms with Gasteiger partial charge in [0.05, 0.1) is 6.54 Å². The minimum atomic E-state index is -0.582. The first-order valence-electron chi connectivity index (χ1n) is 5.57. The molecular weight excluding hydrogens is 312 g/mol. The predicted molar refractivity (Wildman–Crippen MR) is 74.5 cm³/mol. The highest BCUT2D eigenvalue weighted by molar-refractivity contribution is 9.10. The number of aromatic nitrogens is 2. The normalized spacial score (nSPS) is 10.4. The van der Waals surface area contributed by atoms with Crippen molar-refractivity contribution in [3.05, 3.63) is 66.9 Å². The number of benzene rings is 1. The van der Waals surface area contributed by atoms with E-state index in [0.717, 1.165) is 9.04 Å². The molecule has 0 amide bonds. The number of nitrogens with one attached hydrogen (secondary N) is 1. The second kappa shape index (κ2) is 5.36. The van der Waals surface area contributed by atoms with Crippen LogP contribution in [0.3, 0.4) is 0 Å². The molecule has 1 aromatic carbocycles. The summed E-state index contributed by atoms with van der Waals surface area (Å²) in [5.41, 5.74) is -0.186. The molecule has 0 radical (unpaired) electrons. The van der Waals surface area contributed by atoms with Crippen LogP contribution >= 0.6 is 15.9 Å². The van der Waals surface area contributed by atoms with Crippen molar-refractivity contribution in [1.29, 1.82) is 0 Å². The number of Topliss-reactive ketones (excluding diaryl/α,β-unsaturated/α-hetero) is 1. The lowest BCUT2D eigenvalue weighted by molar-refractivity contribution is 0.0969. The molecule has 6 heteroatoms. The molecule has 1 N–H and O–H groups in total. The van der Waals surface area contributed by atoms with E-state index in [4.69, 9.17) is 0 Å². The third-order valence-corrected chi connectivity index (χ3v) is 3.24. The number of aromatic amines is 1. The number of carbonyl (C=O) groups excluding carboxylic acids is 1. The molecule has 2 rings (SSSR count). The largest absolute Gasteiger partial charge is 0.328 e. The lowest BCUT2D eigenvalue weighted by Gasteiger charge is -2.05. The molecule has 2 aromatic rings. The summed E-state index contributed by atoms with van der Waals surface area (Å²) < 4.78 is 1.76.